The Morgan fingerprint density at radius 3 is 2.12 bits per heavy atom. The van der Waals surface area contributed by atoms with Gasteiger partial charge in [-0.1, -0.05) is 77.2 Å². The fraction of sp³-hybridized carbons (Fsp3) is 0.577. The van der Waals surface area contributed by atoms with Crippen molar-refractivity contribution in [3.05, 3.63) is 42.0 Å². The van der Waals surface area contributed by atoms with Crippen molar-refractivity contribution in [2.45, 2.75) is 84.2 Å². The van der Waals surface area contributed by atoms with E-state index in [0.29, 0.717) is 12.0 Å². The normalized spacial score (nSPS) is 11.4. The van der Waals surface area contributed by atoms with E-state index in [9.17, 15) is 14.4 Å². The minimum atomic E-state index is -0.834. The van der Waals surface area contributed by atoms with Crippen LogP contribution in [0.3, 0.4) is 0 Å². The first-order valence-corrected chi connectivity index (χ1v) is 11.7. The summed E-state index contributed by atoms with van der Waals surface area (Å²) in [6, 6.07) is 6.87. The first-order valence-electron chi connectivity index (χ1n) is 11.7. The highest BCUT2D eigenvalue weighted by molar-refractivity contribution is 5.90. The maximum atomic E-state index is 12.4. The number of hydrogen-bond acceptors (Lipinski definition) is 6. The van der Waals surface area contributed by atoms with Gasteiger partial charge in [-0.3, -0.25) is 9.59 Å². The quantitative estimate of drug-likeness (QED) is 0.169. The molecule has 0 saturated heterocycles. The van der Waals surface area contributed by atoms with Crippen LogP contribution in [0, 0.1) is 0 Å². The molecule has 32 heavy (non-hydrogen) atoms. The van der Waals surface area contributed by atoms with E-state index >= 15 is 0 Å². The highest BCUT2D eigenvalue weighted by Crippen LogP contribution is 2.11. The molecule has 0 radical (unpaired) electrons. The van der Waals surface area contributed by atoms with Crippen molar-refractivity contribution >= 4 is 24.0 Å². The topological polar surface area (TPSA) is 78.9 Å². The third-order valence-corrected chi connectivity index (χ3v) is 4.96. The number of hydrogen-bond donors (Lipinski definition) is 0. The Labute approximate surface area is 192 Å². The molecule has 6 heteroatoms. The molecule has 1 aromatic rings. The van der Waals surface area contributed by atoms with Gasteiger partial charge in [-0.05, 0) is 30.5 Å². The number of esters is 3. The minimum Gasteiger partial charge on any atom is -0.462 e. The lowest BCUT2D eigenvalue weighted by atomic mass is 10.1. The van der Waals surface area contributed by atoms with Gasteiger partial charge in [0.2, 0.25) is 0 Å². The molecule has 0 amide bonds. The summed E-state index contributed by atoms with van der Waals surface area (Å²) in [7, 11) is 0. The molecule has 1 atom stereocenters. The van der Waals surface area contributed by atoms with E-state index in [1.165, 1.54) is 0 Å². The summed E-state index contributed by atoms with van der Waals surface area (Å²) in [5, 5.41) is 0. The predicted octanol–water partition coefficient (Wildman–Crippen LogP) is 5.88. The molecule has 6 nitrogen and oxygen atoms in total. The average molecular weight is 447 g/mol. The van der Waals surface area contributed by atoms with Gasteiger partial charge >= 0.3 is 17.9 Å². The molecule has 0 saturated carbocycles. The molecule has 0 aliphatic carbocycles. The summed E-state index contributed by atoms with van der Waals surface area (Å²) in [4.78, 5) is 36.6. The number of carbonyl (C=O) groups excluding carboxylic acids is 3. The monoisotopic (exact) mass is 446 g/mol. The highest BCUT2D eigenvalue weighted by Gasteiger charge is 2.20. The van der Waals surface area contributed by atoms with E-state index in [1.54, 1.807) is 24.3 Å². The average Bonchev–Trinajstić information content (AvgIpc) is 2.81. The Morgan fingerprint density at radius 1 is 0.875 bits per heavy atom. The van der Waals surface area contributed by atoms with Gasteiger partial charge in [0.25, 0.3) is 0 Å². The molecular weight excluding hydrogens is 408 g/mol. The lowest BCUT2D eigenvalue weighted by Crippen LogP contribution is -2.31. The van der Waals surface area contributed by atoms with Crippen LogP contribution >= 0.6 is 0 Å². The van der Waals surface area contributed by atoms with Gasteiger partial charge in [-0.25, -0.2) is 4.79 Å². The fourth-order valence-electron chi connectivity index (χ4n) is 3.06. The molecule has 0 aromatic heterocycles. The van der Waals surface area contributed by atoms with Crippen molar-refractivity contribution in [1.29, 1.82) is 0 Å². The standard InChI is InChI=1S/C26H38O6/c1-4-7-9-11-16-24(27)30-19-23(32-25(28)17-12-10-8-5-2)20-31-26(29)22-15-13-14-21(6-3)18-22/h6,13-15,18,23H,3-5,7-12,16-17,19-20H2,1-2H3. The summed E-state index contributed by atoms with van der Waals surface area (Å²) in [6.07, 6.45) is 9.17. The van der Waals surface area contributed by atoms with Gasteiger partial charge in [0.05, 0.1) is 5.56 Å². The van der Waals surface area contributed by atoms with E-state index in [1.807, 2.05) is 6.07 Å². The van der Waals surface area contributed by atoms with Gasteiger partial charge in [0.15, 0.2) is 6.10 Å². The summed E-state index contributed by atoms with van der Waals surface area (Å²) >= 11 is 0. The summed E-state index contributed by atoms with van der Waals surface area (Å²) in [5.41, 5.74) is 1.17. The van der Waals surface area contributed by atoms with Crippen molar-refractivity contribution in [2.24, 2.45) is 0 Å². The van der Waals surface area contributed by atoms with Crippen LogP contribution in [0.5, 0.6) is 0 Å². The van der Waals surface area contributed by atoms with Crippen LogP contribution in [0.1, 0.15) is 94.0 Å². The molecule has 178 valence electrons. The third kappa shape index (κ3) is 12.3. The minimum absolute atomic E-state index is 0.132. The number of unbranched alkanes of at least 4 members (excludes halogenated alkanes) is 6. The Kier molecular flexibility index (Phi) is 14.5. The van der Waals surface area contributed by atoms with Crippen LogP contribution in [-0.2, 0) is 23.8 Å². The van der Waals surface area contributed by atoms with Crippen molar-refractivity contribution in [2.75, 3.05) is 13.2 Å². The van der Waals surface area contributed by atoms with E-state index in [-0.39, 0.29) is 31.6 Å². The van der Waals surface area contributed by atoms with Crippen molar-refractivity contribution in [3.8, 4) is 0 Å². The van der Waals surface area contributed by atoms with E-state index in [2.05, 4.69) is 20.4 Å². The van der Waals surface area contributed by atoms with E-state index in [4.69, 9.17) is 14.2 Å². The molecule has 0 fully saturated rings. The summed E-state index contributed by atoms with van der Waals surface area (Å²) in [5.74, 6) is -1.26. The smallest absolute Gasteiger partial charge is 0.338 e. The maximum absolute atomic E-state index is 12.4. The van der Waals surface area contributed by atoms with Crippen LogP contribution in [0.25, 0.3) is 6.08 Å². The predicted molar refractivity (Wildman–Crippen MR) is 125 cm³/mol. The SMILES string of the molecule is C=Cc1cccc(C(=O)OCC(COC(=O)CCCCCC)OC(=O)CCCCCC)c1. The zero-order valence-corrected chi connectivity index (χ0v) is 19.6. The number of ether oxygens (including phenoxy) is 3. The van der Waals surface area contributed by atoms with E-state index in [0.717, 1.165) is 56.9 Å². The Morgan fingerprint density at radius 2 is 1.50 bits per heavy atom. The van der Waals surface area contributed by atoms with Crippen molar-refractivity contribution in [1.82, 2.24) is 0 Å². The van der Waals surface area contributed by atoms with Gasteiger partial charge in [-0.2, -0.15) is 0 Å². The molecule has 0 spiro atoms. The lowest BCUT2D eigenvalue weighted by molar-refractivity contribution is -0.161. The van der Waals surface area contributed by atoms with Crippen LogP contribution in [0.15, 0.2) is 30.8 Å². The molecule has 0 bridgehead atoms. The Hall–Kier alpha value is -2.63. The van der Waals surface area contributed by atoms with Gasteiger partial charge in [0, 0.05) is 12.8 Å². The van der Waals surface area contributed by atoms with Crippen molar-refractivity contribution in [3.63, 3.8) is 0 Å². The third-order valence-electron chi connectivity index (χ3n) is 4.96. The van der Waals surface area contributed by atoms with Crippen LogP contribution in [0.2, 0.25) is 0 Å². The second-order valence-corrected chi connectivity index (χ2v) is 7.84. The molecule has 0 N–H and O–H groups in total. The Balaban J connectivity index is 2.59. The molecule has 1 unspecified atom stereocenters. The van der Waals surface area contributed by atoms with Gasteiger partial charge < -0.3 is 14.2 Å². The summed E-state index contributed by atoms with van der Waals surface area (Å²) < 4.78 is 16.1. The molecule has 1 aromatic carbocycles. The second kappa shape index (κ2) is 17.0. The van der Waals surface area contributed by atoms with Crippen LogP contribution < -0.4 is 0 Å². The van der Waals surface area contributed by atoms with E-state index < -0.39 is 12.1 Å². The molecule has 0 heterocycles. The number of carbonyl (C=O) groups is 3. The first-order chi connectivity index (χ1) is 15.5. The lowest BCUT2D eigenvalue weighted by Gasteiger charge is -2.18. The fourth-order valence-corrected chi connectivity index (χ4v) is 3.06. The Bertz CT molecular complexity index is 712. The largest absolute Gasteiger partial charge is 0.462 e. The first kappa shape index (κ1) is 27.4. The van der Waals surface area contributed by atoms with Crippen molar-refractivity contribution < 1.29 is 28.6 Å². The number of benzene rings is 1. The van der Waals surface area contributed by atoms with Crippen LogP contribution in [-0.4, -0.2) is 37.2 Å². The molecular formula is C26H38O6. The zero-order valence-electron chi connectivity index (χ0n) is 19.6. The van der Waals surface area contributed by atoms with Crippen LogP contribution in [0.4, 0.5) is 0 Å². The summed E-state index contributed by atoms with van der Waals surface area (Å²) in [6.45, 7) is 7.58. The molecule has 1 rings (SSSR count). The zero-order chi connectivity index (χ0) is 23.6. The molecule has 0 aliphatic rings. The second-order valence-electron chi connectivity index (χ2n) is 7.84. The number of rotatable bonds is 17. The highest BCUT2D eigenvalue weighted by atomic mass is 16.6. The molecule has 0 aliphatic heterocycles. The van der Waals surface area contributed by atoms with Gasteiger partial charge in [-0.15, -0.1) is 0 Å². The maximum Gasteiger partial charge on any atom is 0.338 e. The van der Waals surface area contributed by atoms with Gasteiger partial charge in [0.1, 0.15) is 13.2 Å².